The lowest BCUT2D eigenvalue weighted by Crippen LogP contribution is -2.13. The van der Waals surface area contributed by atoms with Crippen molar-refractivity contribution in [2.45, 2.75) is 4.90 Å². The molecular formula is C13H8Cl2FNOS. The summed E-state index contributed by atoms with van der Waals surface area (Å²) in [7, 11) is 0. The molecule has 0 aliphatic heterocycles. The lowest BCUT2D eigenvalue weighted by Gasteiger charge is -2.09. The third-order valence-corrected chi connectivity index (χ3v) is 3.29. The molecule has 0 aliphatic carbocycles. The number of benzene rings is 2. The molecular weight excluding hydrogens is 308 g/mol. The fraction of sp³-hybridized carbons (Fsp3) is 0. The normalized spacial score (nSPS) is 10.3. The highest BCUT2D eigenvalue weighted by Crippen LogP contribution is 2.25. The Kier molecular flexibility index (Phi) is 4.34. The minimum Gasteiger partial charge on any atom is -0.321 e. The molecule has 19 heavy (non-hydrogen) atoms. The van der Waals surface area contributed by atoms with Gasteiger partial charge in [-0.05, 0) is 36.4 Å². The summed E-state index contributed by atoms with van der Waals surface area (Å²) >= 11 is 15.9. The molecule has 0 fully saturated rings. The average Bonchev–Trinajstić information content (AvgIpc) is 2.35. The molecule has 1 amide bonds. The van der Waals surface area contributed by atoms with Gasteiger partial charge in [0.25, 0.3) is 5.91 Å². The number of rotatable bonds is 2. The Balaban J connectivity index is 2.28. The van der Waals surface area contributed by atoms with Crippen LogP contribution in [0.15, 0.2) is 41.3 Å². The smallest absolute Gasteiger partial charge is 0.257 e. The number of anilines is 1. The molecule has 1 N–H and O–H groups in total. The molecule has 0 radical (unpaired) electrons. The molecule has 0 saturated heterocycles. The summed E-state index contributed by atoms with van der Waals surface area (Å²) < 4.78 is 12.9. The number of halogens is 3. The second kappa shape index (κ2) is 5.82. The van der Waals surface area contributed by atoms with Crippen LogP contribution in [0.3, 0.4) is 0 Å². The Bertz CT molecular complexity index is 649. The third-order valence-electron chi connectivity index (χ3n) is 2.37. The first-order valence-electron chi connectivity index (χ1n) is 5.22. The van der Waals surface area contributed by atoms with E-state index in [0.29, 0.717) is 15.6 Å². The maximum atomic E-state index is 12.9. The standard InChI is InChI=1S/C13H8Cl2FNOS/c14-10-3-2-8(19)6-9(10)13(18)17-12-4-1-7(16)5-11(12)15/h1-6,19H,(H,17,18). The van der Waals surface area contributed by atoms with Gasteiger partial charge in [-0.15, -0.1) is 12.6 Å². The van der Waals surface area contributed by atoms with Gasteiger partial charge in [-0.1, -0.05) is 23.2 Å². The van der Waals surface area contributed by atoms with Gasteiger partial charge in [0.15, 0.2) is 0 Å². The van der Waals surface area contributed by atoms with Crippen LogP contribution in [0.1, 0.15) is 10.4 Å². The van der Waals surface area contributed by atoms with Crippen molar-refractivity contribution in [3.05, 3.63) is 57.8 Å². The summed E-state index contributed by atoms with van der Waals surface area (Å²) in [6.45, 7) is 0. The van der Waals surface area contributed by atoms with Crippen LogP contribution >= 0.6 is 35.8 Å². The summed E-state index contributed by atoms with van der Waals surface area (Å²) in [5.41, 5.74) is 0.586. The van der Waals surface area contributed by atoms with Crippen molar-refractivity contribution in [3.63, 3.8) is 0 Å². The highest BCUT2D eigenvalue weighted by molar-refractivity contribution is 7.80. The number of hydrogen-bond acceptors (Lipinski definition) is 2. The van der Waals surface area contributed by atoms with E-state index in [1.54, 1.807) is 12.1 Å². The van der Waals surface area contributed by atoms with Crippen LogP contribution in [-0.4, -0.2) is 5.91 Å². The highest BCUT2D eigenvalue weighted by atomic mass is 35.5. The zero-order valence-electron chi connectivity index (χ0n) is 9.45. The van der Waals surface area contributed by atoms with Crippen LogP contribution in [0, 0.1) is 5.82 Å². The third kappa shape index (κ3) is 3.41. The van der Waals surface area contributed by atoms with Crippen LogP contribution in [0.5, 0.6) is 0 Å². The second-order valence-corrected chi connectivity index (χ2v) is 5.07. The van der Waals surface area contributed by atoms with E-state index in [-0.39, 0.29) is 10.6 Å². The molecule has 6 heteroatoms. The summed E-state index contributed by atoms with van der Waals surface area (Å²) in [5.74, 6) is -0.909. The molecule has 0 bridgehead atoms. The second-order valence-electron chi connectivity index (χ2n) is 3.74. The monoisotopic (exact) mass is 315 g/mol. The number of hydrogen-bond donors (Lipinski definition) is 2. The van der Waals surface area contributed by atoms with Gasteiger partial charge in [-0.3, -0.25) is 4.79 Å². The predicted octanol–water partition coefficient (Wildman–Crippen LogP) is 4.67. The van der Waals surface area contributed by atoms with Gasteiger partial charge in [-0.25, -0.2) is 4.39 Å². The van der Waals surface area contributed by atoms with E-state index >= 15 is 0 Å². The molecule has 0 aromatic heterocycles. The summed E-state index contributed by atoms with van der Waals surface area (Å²) in [4.78, 5) is 12.7. The number of nitrogens with one attached hydrogen (secondary N) is 1. The molecule has 2 nitrogen and oxygen atoms in total. The molecule has 0 unspecified atom stereocenters. The van der Waals surface area contributed by atoms with Crippen LogP contribution in [0.4, 0.5) is 10.1 Å². The highest BCUT2D eigenvalue weighted by Gasteiger charge is 2.12. The number of carbonyl (C=O) groups excluding carboxylic acids is 1. The maximum absolute atomic E-state index is 12.9. The number of carbonyl (C=O) groups is 1. The first kappa shape index (κ1) is 14.2. The maximum Gasteiger partial charge on any atom is 0.257 e. The SMILES string of the molecule is O=C(Nc1ccc(F)cc1Cl)c1cc(S)ccc1Cl. The molecule has 2 aromatic carbocycles. The molecule has 2 rings (SSSR count). The van der Waals surface area contributed by atoms with Gasteiger partial charge in [0, 0.05) is 4.90 Å². The van der Waals surface area contributed by atoms with Crippen LogP contribution in [-0.2, 0) is 0 Å². The topological polar surface area (TPSA) is 29.1 Å². The largest absolute Gasteiger partial charge is 0.321 e. The van der Waals surface area contributed by atoms with E-state index < -0.39 is 11.7 Å². The number of amides is 1. The van der Waals surface area contributed by atoms with Crippen molar-refractivity contribution in [2.24, 2.45) is 0 Å². The van der Waals surface area contributed by atoms with Crippen molar-refractivity contribution >= 4 is 47.4 Å². The molecule has 0 aliphatic rings. The van der Waals surface area contributed by atoms with Gasteiger partial charge >= 0.3 is 0 Å². The summed E-state index contributed by atoms with van der Waals surface area (Å²) in [6, 6.07) is 8.50. The van der Waals surface area contributed by atoms with E-state index in [1.165, 1.54) is 18.2 Å². The Morgan fingerprint density at radius 1 is 1.11 bits per heavy atom. The summed E-state index contributed by atoms with van der Waals surface area (Å²) in [5, 5.41) is 2.98. The van der Waals surface area contributed by atoms with E-state index in [0.717, 1.165) is 6.07 Å². The first-order chi connectivity index (χ1) is 8.97. The van der Waals surface area contributed by atoms with E-state index in [4.69, 9.17) is 23.2 Å². The van der Waals surface area contributed by atoms with E-state index in [2.05, 4.69) is 17.9 Å². The Labute approximate surface area is 124 Å². The lowest BCUT2D eigenvalue weighted by molar-refractivity contribution is 0.102. The Morgan fingerprint density at radius 2 is 1.84 bits per heavy atom. The molecule has 0 saturated carbocycles. The molecule has 2 aromatic rings. The molecule has 0 heterocycles. The molecule has 98 valence electrons. The van der Waals surface area contributed by atoms with Crippen LogP contribution in [0.25, 0.3) is 0 Å². The van der Waals surface area contributed by atoms with Crippen molar-refractivity contribution in [1.82, 2.24) is 0 Å². The fourth-order valence-corrected chi connectivity index (χ4v) is 2.09. The van der Waals surface area contributed by atoms with Crippen molar-refractivity contribution < 1.29 is 9.18 Å². The fourth-order valence-electron chi connectivity index (χ4n) is 1.47. The van der Waals surface area contributed by atoms with Gasteiger partial charge in [0.2, 0.25) is 0 Å². The van der Waals surface area contributed by atoms with E-state index in [9.17, 15) is 9.18 Å². The van der Waals surface area contributed by atoms with Crippen molar-refractivity contribution in [2.75, 3.05) is 5.32 Å². The lowest BCUT2D eigenvalue weighted by atomic mass is 10.2. The van der Waals surface area contributed by atoms with Gasteiger partial charge in [-0.2, -0.15) is 0 Å². The summed E-state index contributed by atoms with van der Waals surface area (Å²) in [6.07, 6.45) is 0. The van der Waals surface area contributed by atoms with E-state index in [1.807, 2.05) is 0 Å². The van der Waals surface area contributed by atoms with Crippen molar-refractivity contribution in [1.29, 1.82) is 0 Å². The van der Waals surface area contributed by atoms with Gasteiger partial charge < -0.3 is 5.32 Å². The first-order valence-corrected chi connectivity index (χ1v) is 6.42. The molecule has 0 spiro atoms. The average molecular weight is 316 g/mol. The van der Waals surface area contributed by atoms with Crippen molar-refractivity contribution in [3.8, 4) is 0 Å². The van der Waals surface area contributed by atoms with Gasteiger partial charge in [0.1, 0.15) is 5.82 Å². The van der Waals surface area contributed by atoms with Crippen LogP contribution < -0.4 is 5.32 Å². The zero-order chi connectivity index (χ0) is 14.0. The molecule has 0 atom stereocenters. The predicted molar refractivity (Wildman–Crippen MR) is 78.1 cm³/mol. The minimum absolute atomic E-state index is 0.117. The van der Waals surface area contributed by atoms with Crippen LogP contribution in [0.2, 0.25) is 10.0 Å². The Morgan fingerprint density at radius 3 is 2.53 bits per heavy atom. The Hall–Kier alpha value is -1.23. The quantitative estimate of drug-likeness (QED) is 0.774. The zero-order valence-corrected chi connectivity index (χ0v) is 11.9. The minimum atomic E-state index is -0.474. The van der Waals surface area contributed by atoms with Gasteiger partial charge in [0.05, 0.1) is 21.3 Å². The number of thiol groups is 1.